The third-order valence-electron chi connectivity index (χ3n) is 5.26. The van der Waals surface area contributed by atoms with Gasteiger partial charge in [-0.1, -0.05) is 53.7 Å². The molecule has 4 aromatic rings. The number of thioether (sulfide) groups is 1. The summed E-state index contributed by atoms with van der Waals surface area (Å²) in [6.07, 6.45) is 1.83. The quantitative estimate of drug-likeness (QED) is 0.214. The Morgan fingerprint density at radius 2 is 1.73 bits per heavy atom. The molecule has 5 nitrogen and oxygen atoms in total. The first-order valence-electron chi connectivity index (χ1n) is 10.3. The maximum Gasteiger partial charge on any atom is 0.173 e. The number of methoxy groups -OCH3 is 2. The summed E-state index contributed by atoms with van der Waals surface area (Å²) in [5, 5.41) is 1.42. The predicted molar refractivity (Wildman–Crippen MR) is 133 cm³/mol. The topological polar surface area (TPSA) is 53.3 Å². The minimum Gasteiger partial charge on any atom is -0.493 e. The average Bonchev–Trinajstić information content (AvgIpc) is 3.26. The van der Waals surface area contributed by atoms with Crippen molar-refractivity contribution in [2.24, 2.45) is 0 Å². The number of carbonyl (C=O) groups is 1. The summed E-state index contributed by atoms with van der Waals surface area (Å²) in [6, 6.07) is 21.0. The summed E-state index contributed by atoms with van der Waals surface area (Å²) in [6.45, 7) is 2.06. The van der Waals surface area contributed by atoms with Crippen molar-refractivity contribution in [3.8, 4) is 28.4 Å². The number of para-hydroxylation sites is 1. The van der Waals surface area contributed by atoms with Gasteiger partial charge in [0, 0.05) is 16.1 Å². The van der Waals surface area contributed by atoms with Gasteiger partial charge in [0.25, 0.3) is 0 Å². The average molecular weight is 479 g/mol. The predicted octanol–water partition coefficient (Wildman–Crippen LogP) is 6.49. The van der Waals surface area contributed by atoms with Gasteiger partial charge in [-0.25, -0.2) is 4.98 Å². The zero-order valence-corrected chi connectivity index (χ0v) is 20.1. The number of halogens is 1. The second-order valence-electron chi connectivity index (χ2n) is 7.34. The molecule has 1 heterocycles. The van der Waals surface area contributed by atoms with E-state index in [4.69, 9.17) is 21.1 Å². The Kier molecular flexibility index (Phi) is 7.06. The Morgan fingerprint density at radius 1 is 1.00 bits per heavy atom. The molecular formula is C26H23ClN2O3S. The lowest BCUT2D eigenvalue weighted by Gasteiger charge is -2.14. The highest BCUT2D eigenvalue weighted by atomic mass is 35.5. The van der Waals surface area contributed by atoms with E-state index in [1.807, 2.05) is 42.6 Å². The number of benzene rings is 3. The molecule has 4 rings (SSSR count). The highest BCUT2D eigenvalue weighted by Crippen LogP contribution is 2.33. The summed E-state index contributed by atoms with van der Waals surface area (Å²) >= 11 is 7.49. The van der Waals surface area contributed by atoms with E-state index in [0.717, 1.165) is 27.7 Å². The van der Waals surface area contributed by atoms with E-state index in [2.05, 4.69) is 28.6 Å². The Labute approximate surface area is 202 Å². The highest BCUT2D eigenvalue weighted by molar-refractivity contribution is 7.99. The summed E-state index contributed by atoms with van der Waals surface area (Å²) in [5.41, 5.74) is 4.61. The third-order valence-corrected chi connectivity index (χ3v) is 6.47. The Hall–Kier alpha value is -3.22. The SMILES string of the molecule is COc1ccc(C(=O)CSc2ncc(-c3ccc(Cl)cc3)n2-c2ccccc2C)cc1OC. The molecule has 0 bridgehead atoms. The van der Waals surface area contributed by atoms with Crippen LogP contribution in [0.15, 0.2) is 78.1 Å². The van der Waals surface area contributed by atoms with Crippen molar-refractivity contribution in [1.29, 1.82) is 0 Å². The molecule has 7 heteroatoms. The molecule has 1 aromatic heterocycles. The van der Waals surface area contributed by atoms with Gasteiger partial charge in [-0.05, 0) is 48.9 Å². The van der Waals surface area contributed by atoms with E-state index in [9.17, 15) is 4.79 Å². The number of hydrogen-bond donors (Lipinski definition) is 0. The standard InChI is InChI=1S/C26H23ClN2O3S/c1-17-6-4-5-7-21(17)29-22(18-8-11-20(27)12-9-18)15-28-26(29)33-16-23(30)19-10-13-24(31-2)25(14-19)32-3/h4-15H,16H2,1-3H3. The summed E-state index contributed by atoms with van der Waals surface area (Å²) in [5.74, 6) is 1.33. The molecule has 0 atom stereocenters. The van der Waals surface area contributed by atoms with Crippen LogP contribution in [-0.2, 0) is 0 Å². The summed E-state index contributed by atoms with van der Waals surface area (Å²) < 4.78 is 12.7. The van der Waals surface area contributed by atoms with Gasteiger partial charge in [-0.3, -0.25) is 9.36 Å². The number of carbonyl (C=O) groups excluding carboxylic acids is 1. The zero-order chi connectivity index (χ0) is 23.4. The van der Waals surface area contributed by atoms with Gasteiger partial charge < -0.3 is 9.47 Å². The van der Waals surface area contributed by atoms with Crippen LogP contribution < -0.4 is 9.47 Å². The fourth-order valence-corrected chi connectivity index (χ4v) is 4.54. The fourth-order valence-electron chi connectivity index (χ4n) is 3.53. The lowest BCUT2D eigenvalue weighted by atomic mass is 10.1. The lowest BCUT2D eigenvalue weighted by Crippen LogP contribution is -2.06. The van der Waals surface area contributed by atoms with Gasteiger partial charge in [-0.15, -0.1) is 0 Å². The van der Waals surface area contributed by atoms with E-state index >= 15 is 0 Å². The van der Waals surface area contributed by atoms with E-state index in [1.54, 1.807) is 32.4 Å². The van der Waals surface area contributed by atoms with Crippen LogP contribution in [0.1, 0.15) is 15.9 Å². The van der Waals surface area contributed by atoms with Crippen molar-refractivity contribution >= 4 is 29.1 Å². The Bertz CT molecular complexity index is 1290. The molecule has 0 saturated heterocycles. The summed E-state index contributed by atoms with van der Waals surface area (Å²) in [4.78, 5) is 17.6. The zero-order valence-electron chi connectivity index (χ0n) is 18.5. The normalized spacial score (nSPS) is 10.8. The lowest BCUT2D eigenvalue weighted by molar-refractivity contribution is 0.102. The van der Waals surface area contributed by atoms with Crippen molar-refractivity contribution in [2.75, 3.05) is 20.0 Å². The molecule has 0 aliphatic carbocycles. The van der Waals surface area contributed by atoms with E-state index in [1.165, 1.54) is 11.8 Å². The molecular weight excluding hydrogens is 456 g/mol. The number of ether oxygens (including phenoxy) is 2. The van der Waals surface area contributed by atoms with E-state index in [-0.39, 0.29) is 11.5 Å². The molecule has 3 aromatic carbocycles. The van der Waals surface area contributed by atoms with Crippen molar-refractivity contribution < 1.29 is 14.3 Å². The van der Waals surface area contributed by atoms with Crippen LogP contribution in [0.5, 0.6) is 11.5 Å². The number of ketones is 1. The minimum atomic E-state index is -0.0201. The monoisotopic (exact) mass is 478 g/mol. The van der Waals surface area contributed by atoms with Crippen LogP contribution in [-0.4, -0.2) is 35.3 Å². The maximum absolute atomic E-state index is 12.9. The molecule has 0 radical (unpaired) electrons. The molecule has 0 amide bonds. The molecule has 0 N–H and O–H groups in total. The van der Waals surface area contributed by atoms with Crippen LogP contribution in [0.3, 0.4) is 0 Å². The first kappa shape index (κ1) is 23.0. The number of nitrogens with zero attached hydrogens (tertiary/aromatic N) is 2. The third kappa shape index (κ3) is 4.92. The molecule has 0 spiro atoms. The Morgan fingerprint density at radius 3 is 2.42 bits per heavy atom. The molecule has 168 valence electrons. The fraction of sp³-hybridized carbons (Fsp3) is 0.154. The molecule has 0 saturated carbocycles. The number of aryl methyl sites for hydroxylation is 1. The van der Waals surface area contributed by atoms with Gasteiger partial charge in [0.05, 0.1) is 37.6 Å². The highest BCUT2D eigenvalue weighted by Gasteiger charge is 2.18. The molecule has 33 heavy (non-hydrogen) atoms. The smallest absolute Gasteiger partial charge is 0.173 e. The molecule has 0 aliphatic heterocycles. The van der Waals surface area contributed by atoms with Crippen LogP contribution in [0, 0.1) is 6.92 Å². The molecule has 0 aliphatic rings. The first-order chi connectivity index (χ1) is 16.0. The van der Waals surface area contributed by atoms with Gasteiger partial charge in [0.15, 0.2) is 22.4 Å². The van der Waals surface area contributed by atoms with Crippen LogP contribution in [0.4, 0.5) is 0 Å². The largest absolute Gasteiger partial charge is 0.493 e. The van der Waals surface area contributed by atoms with Gasteiger partial charge in [-0.2, -0.15) is 0 Å². The minimum absolute atomic E-state index is 0.0201. The summed E-state index contributed by atoms with van der Waals surface area (Å²) in [7, 11) is 3.12. The van der Waals surface area contributed by atoms with Crippen molar-refractivity contribution in [3.05, 3.63) is 89.1 Å². The maximum atomic E-state index is 12.9. The van der Waals surface area contributed by atoms with Crippen LogP contribution >= 0.6 is 23.4 Å². The number of Topliss-reactive ketones (excluding diaryl/α,β-unsaturated/α-hetero) is 1. The number of hydrogen-bond acceptors (Lipinski definition) is 5. The molecule has 0 fully saturated rings. The second kappa shape index (κ2) is 10.1. The van der Waals surface area contributed by atoms with E-state index < -0.39 is 0 Å². The second-order valence-corrected chi connectivity index (χ2v) is 8.72. The van der Waals surface area contributed by atoms with Gasteiger partial charge >= 0.3 is 0 Å². The number of imidazole rings is 1. The van der Waals surface area contributed by atoms with Gasteiger partial charge in [0.2, 0.25) is 0 Å². The van der Waals surface area contributed by atoms with Crippen LogP contribution in [0.25, 0.3) is 16.9 Å². The Balaban J connectivity index is 1.66. The van der Waals surface area contributed by atoms with Crippen molar-refractivity contribution in [1.82, 2.24) is 9.55 Å². The molecule has 0 unspecified atom stereocenters. The van der Waals surface area contributed by atoms with Gasteiger partial charge in [0.1, 0.15) is 0 Å². The van der Waals surface area contributed by atoms with Crippen molar-refractivity contribution in [2.45, 2.75) is 12.1 Å². The van der Waals surface area contributed by atoms with Crippen LogP contribution in [0.2, 0.25) is 5.02 Å². The van der Waals surface area contributed by atoms with E-state index in [0.29, 0.717) is 22.1 Å². The first-order valence-corrected chi connectivity index (χ1v) is 11.7. The van der Waals surface area contributed by atoms with Crippen molar-refractivity contribution in [3.63, 3.8) is 0 Å². The number of aromatic nitrogens is 2. The number of rotatable bonds is 8.